The van der Waals surface area contributed by atoms with Gasteiger partial charge in [0.25, 0.3) is 0 Å². The molecule has 45 heavy (non-hydrogen) atoms. The average Bonchev–Trinajstić information content (AvgIpc) is 3.04. The molecule has 0 N–H and O–H groups in total. The molecule has 1 aliphatic rings. The van der Waals surface area contributed by atoms with Crippen LogP contribution in [0, 0.1) is 13.8 Å². The molecule has 5 aromatic carbocycles. The molecule has 0 radical (unpaired) electrons. The van der Waals surface area contributed by atoms with Gasteiger partial charge in [-0.3, -0.25) is 0 Å². The van der Waals surface area contributed by atoms with Crippen LogP contribution >= 0.6 is 0 Å². The second-order valence-corrected chi connectivity index (χ2v) is 11.5. The SMILES string of the molecule is COC(C)Oc1ccc2c3c(ccc2c1)Oc1ccc2cc(OC(C)OC)ccc2c1C3c1cc(C)c(OC(C)OC)c(C)c1. The highest BCUT2D eigenvalue weighted by atomic mass is 16.7. The molecule has 0 saturated heterocycles. The van der Waals surface area contributed by atoms with Gasteiger partial charge in [0, 0.05) is 38.4 Å². The van der Waals surface area contributed by atoms with Crippen LogP contribution in [-0.4, -0.2) is 40.2 Å². The summed E-state index contributed by atoms with van der Waals surface area (Å²) < 4.78 is 40.9. The quantitative estimate of drug-likeness (QED) is 0.144. The summed E-state index contributed by atoms with van der Waals surface area (Å²) in [6.45, 7) is 9.82. The maximum Gasteiger partial charge on any atom is 0.196 e. The smallest absolute Gasteiger partial charge is 0.196 e. The molecular weight excluding hydrogens is 568 g/mol. The minimum Gasteiger partial charge on any atom is -0.465 e. The number of rotatable bonds is 10. The largest absolute Gasteiger partial charge is 0.465 e. The maximum absolute atomic E-state index is 6.68. The summed E-state index contributed by atoms with van der Waals surface area (Å²) in [6.07, 6.45) is -1.08. The van der Waals surface area contributed by atoms with Gasteiger partial charge >= 0.3 is 0 Å². The minimum atomic E-state index is -0.361. The van der Waals surface area contributed by atoms with Crippen LogP contribution in [0.2, 0.25) is 0 Å². The first-order valence-corrected chi connectivity index (χ1v) is 15.2. The van der Waals surface area contributed by atoms with Crippen LogP contribution < -0.4 is 18.9 Å². The molecule has 0 spiro atoms. The van der Waals surface area contributed by atoms with E-state index in [0.29, 0.717) is 0 Å². The van der Waals surface area contributed by atoms with Gasteiger partial charge in [-0.25, -0.2) is 0 Å². The predicted molar refractivity (Wildman–Crippen MR) is 176 cm³/mol. The van der Waals surface area contributed by atoms with Gasteiger partial charge in [0.2, 0.25) is 0 Å². The molecule has 7 heteroatoms. The summed E-state index contributed by atoms with van der Waals surface area (Å²) in [5.41, 5.74) is 5.43. The van der Waals surface area contributed by atoms with Crippen molar-refractivity contribution in [2.45, 2.75) is 59.4 Å². The fourth-order valence-corrected chi connectivity index (χ4v) is 6.17. The molecule has 5 aromatic rings. The van der Waals surface area contributed by atoms with E-state index in [2.05, 4.69) is 74.5 Å². The van der Waals surface area contributed by atoms with Crippen molar-refractivity contribution in [1.82, 2.24) is 0 Å². The number of methoxy groups -OCH3 is 3. The lowest BCUT2D eigenvalue weighted by Crippen LogP contribution is -2.16. The van der Waals surface area contributed by atoms with Gasteiger partial charge in [0.05, 0.1) is 0 Å². The minimum absolute atomic E-state index is 0.128. The molecule has 0 aromatic heterocycles. The first-order chi connectivity index (χ1) is 21.7. The molecule has 0 saturated carbocycles. The van der Waals surface area contributed by atoms with Gasteiger partial charge in [0.1, 0.15) is 28.7 Å². The zero-order valence-electron chi connectivity index (χ0n) is 27.1. The topological polar surface area (TPSA) is 64.6 Å². The lowest BCUT2D eigenvalue weighted by Gasteiger charge is -2.32. The Hall–Kier alpha value is -4.30. The summed E-state index contributed by atoms with van der Waals surface area (Å²) in [4.78, 5) is 0. The van der Waals surface area contributed by atoms with E-state index in [0.717, 1.165) is 78.1 Å². The lowest BCUT2D eigenvalue weighted by atomic mass is 9.77. The van der Waals surface area contributed by atoms with Crippen molar-refractivity contribution in [1.29, 1.82) is 0 Å². The molecular formula is C38H40O7. The highest BCUT2D eigenvalue weighted by molar-refractivity contribution is 5.96. The Balaban J connectivity index is 1.58. The Morgan fingerprint density at radius 1 is 0.556 bits per heavy atom. The predicted octanol–water partition coefficient (Wildman–Crippen LogP) is 9.01. The standard InChI is InChI=1S/C38H40O7/c1-21-17-28(18-22(2)38(21)44-25(5)41-8)35-36-31-13-11-29(42-23(3)39-6)19-26(31)9-15-33(36)45-34-16-10-27-20-30(43-24(4)40-7)12-14-32(27)37(34)35/h9-20,23-25,35H,1-8H3. The molecule has 0 fully saturated rings. The van der Waals surface area contributed by atoms with E-state index in [4.69, 9.17) is 33.2 Å². The van der Waals surface area contributed by atoms with Gasteiger partial charge in [-0.15, -0.1) is 0 Å². The third-order valence-electron chi connectivity index (χ3n) is 8.48. The molecule has 0 aliphatic carbocycles. The molecule has 7 nitrogen and oxygen atoms in total. The van der Waals surface area contributed by atoms with Crippen LogP contribution in [0.3, 0.4) is 0 Å². The van der Waals surface area contributed by atoms with Crippen LogP contribution in [0.15, 0.2) is 72.8 Å². The van der Waals surface area contributed by atoms with Crippen LogP contribution in [0.1, 0.15) is 54.5 Å². The number of hydrogen-bond donors (Lipinski definition) is 0. The third kappa shape index (κ3) is 5.91. The van der Waals surface area contributed by atoms with E-state index < -0.39 is 0 Å². The van der Waals surface area contributed by atoms with E-state index in [-0.39, 0.29) is 24.8 Å². The van der Waals surface area contributed by atoms with E-state index in [1.54, 1.807) is 21.3 Å². The number of benzene rings is 5. The second kappa shape index (κ2) is 12.6. The number of ether oxygens (including phenoxy) is 7. The summed E-state index contributed by atoms with van der Waals surface area (Å²) in [7, 11) is 4.92. The van der Waals surface area contributed by atoms with Crippen LogP contribution in [-0.2, 0) is 14.2 Å². The lowest BCUT2D eigenvalue weighted by molar-refractivity contribution is -0.0392. The molecule has 234 valence electrons. The van der Waals surface area contributed by atoms with E-state index in [1.165, 1.54) is 0 Å². The number of hydrogen-bond acceptors (Lipinski definition) is 7. The highest BCUT2D eigenvalue weighted by Crippen LogP contribution is 2.53. The van der Waals surface area contributed by atoms with Gasteiger partial charge < -0.3 is 33.2 Å². The van der Waals surface area contributed by atoms with Gasteiger partial charge in [-0.05, 0) is 109 Å². The van der Waals surface area contributed by atoms with Crippen molar-refractivity contribution in [2.75, 3.05) is 21.3 Å². The van der Waals surface area contributed by atoms with Crippen molar-refractivity contribution in [3.63, 3.8) is 0 Å². The second-order valence-electron chi connectivity index (χ2n) is 11.5. The molecule has 0 amide bonds. The van der Waals surface area contributed by atoms with Crippen molar-refractivity contribution < 1.29 is 33.2 Å². The fourth-order valence-electron chi connectivity index (χ4n) is 6.17. The number of fused-ring (bicyclic) bond motifs is 6. The van der Waals surface area contributed by atoms with E-state index in [9.17, 15) is 0 Å². The van der Waals surface area contributed by atoms with Gasteiger partial charge in [-0.2, -0.15) is 0 Å². The summed E-state index contributed by atoms with van der Waals surface area (Å²) in [5, 5.41) is 4.29. The van der Waals surface area contributed by atoms with Crippen LogP contribution in [0.5, 0.6) is 28.7 Å². The van der Waals surface area contributed by atoms with E-state index >= 15 is 0 Å². The zero-order chi connectivity index (χ0) is 31.8. The highest BCUT2D eigenvalue weighted by Gasteiger charge is 2.33. The Bertz CT molecular complexity index is 1740. The van der Waals surface area contributed by atoms with Crippen molar-refractivity contribution in [2.24, 2.45) is 0 Å². The summed E-state index contributed by atoms with van der Waals surface area (Å²) in [5.74, 6) is 3.85. The first-order valence-electron chi connectivity index (χ1n) is 15.2. The Labute approximate surface area is 264 Å². The molecule has 3 atom stereocenters. The van der Waals surface area contributed by atoms with Crippen LogP contribution in [0.4, 0.5) is 0 Å². The monoisotopic (exact) mass is 608 g/mol. The molecule has 1 aliphatic heterocycles. The Kier molecular flexibility index (Phi) is 8.60. The maximum atomic E-state index is 6.68. The third-order valence-corrected chi connectivity index (χ3v) is 8.48. The first kappa shape index (κ1) is 30.7. The van der Waals surface area contributed by atoms with Crippen molar-refractivity contribution in [3.8, 4) is 28.7 Å². The molecule has 3 unspecified atom stereocenters. The van der Waals surface area contributed by atoms with Crippen LogP contribution in [0.25, 0.3) is 21.5 Å². The zero-order valence-corrected chi connectivity index (χ0v) is 27.1. The summed E-state index contributed by atoms with van der Waals surface area (Å²) in [6, 6.07) is 25.1. The van der Waals surface area contributed by atoms with Crippen molar-refractivity contribution >= 4 is 21.5 Å². The number of aryl methyl sites for hydroxylation is 2. The van der Waals surface area contributed by atoms with Crippen molar-refractivity contribution in [3.05, 3.63) is 101 Å². The fraction of sp³-hybridized carbons (Fsp3) is 0.316. The van der Waals surface area contributed by atoms with Gasteiger partial charge in [0.15, 0.2) is 18.9 Å². The Morgan fingerprint density at radius 3 is 1.44 bits per heavy atom. The summed E-state index contributed by atoms with van der Waals surface area (Å²) >= 11 is 0. The van der Waals surface area contributed by atoms with Gasteiger partial charge in [-0.1, -0.05) is 36.4 Å². The molecule has 1 heterocycles. The molecule has 0 bridgehead atoms. The molecule has 6 rings (SSSR count). The normalized spacial score (nSPS) is 16.0. The Morgan fingerprint density at radius 2 is 1.00 bits per heavy atom. The van der Waals surface area contributed by atoms with E-state index in [1.807, 2.05) is 32.9 Å². The average molecular weight is 609 g/mol.